The number of hydrogen-bond acceptors (Lipinski definition) is 4. The molecule has 4 nitrogen and oxygen atoms in total. The van der Waals surface area contributed by atoms with E-state index in [2.05, 4.69) is 32.6 Å². The fraction of sp³-hybridized carbons (Fsp3) is 0.636. The topological polar surface area (TPSA) is 61.0 Å². The first-order valence-corrected chi connectivity index (χ1v) is 6.73. The molecule has 1 fully saturated rings. The quantitative estimate of drug-likeness (QED) is 0.665. The summed E-state index contributed by atoms with van der Waals surface area (Å²) < 4.78 is 6.84. The van der Waals surface area contributed by atoms with Crippen LogP contribution in [0.2, 0.25) is 0 Å². The molecule has 1 aliphatic carbocycles. The number of halogens is 1. The van der Waals surface area contributed by atoms with E-state index in [9.17, 15) is 0 Å². The van der Waals surface area contributed by atoms with Crippen LogP contribution in [-0.2, 0) is 0 Å². The average Bonchev–Trinajstić information content (AvgIpc) is 2.48. The molecule has 0 saturated heterocycles. The van der Waals surface area contributed by atoms with Gasteiger partial charge in [-0.2, -0.15) is 0 Å². The largest absolute Gasteiger partial charge is 0.472 e. The Morgan fingerprint density at radius 2 is 2.12 bits per heavy atom. The summed E-state index contributed by atoms with van der Waals surface area (Å²) in [4.78, 5) is 8.09. The molecule has 5 heteroatoms. The van der Waals surface area contributed by atoms with Gasteiger partial charge in [-0.05, 0) is 41.9 Å². The molecular weight excluding hydrogens is 317 g/mol. The van der Waals surface area contributed by atoms with Crippen LogP contribution in [0, 0.1) is 3.57 Å². The van der Waals surface area contributed by atoms with Gasteiger partial charge in [0.15, 0.2) is 0 Å². The second-order valence-electron chi connectivity index (χ2n) is 4.13. The van der Waals surface area contributed by atoms with E-state index in [0.717, 1.165) is 16.4 Å². The van der Waals surface area contributed by atoms with Gasteiger partial charge >= 0.3 is 0 Å². The third-order valence-corrected chi connectivity index (χ3v) is 3.64. The van der Waals surface area contributed by atoms with Crippen molar-refractivity contribution in [1.82, 2.24) is 9.97 Å². The number of nitrogens with zero attached hydrogens (tertiary/aromatic N) is 2. The molecule has 1 aromatic heterocycles. The minimum absolute atomic E-state index is 0.103. The highest BCUT2D eigenvalue weighted by molar-refractivity contribution is 14.1. The Morgan fingerprint density at radius 3 is 2.94 bits per heavy atom. The molecule has 1 aliphatic rings. The van der Waals surface area contributed by atoms with Gasteiger partial charge in [0.05, 0.1) is 3.57 Å². The maximum atomic E-state index is 6.11. The van der Waals surface area contributed by atoms with Crippen LogP contribution in [0.25, 0.3) is 0 Å². The van der Waals surface area contributed by atoms with Crippen molar-refractivity contribution in [1.29, 1.82) is 0 Å². The predicted octanol–water partition coefficient (Wildman–Crippen LogP) is 2.12. The molecule has 2 unspecified atom stereocenters. The van der Waals surface area contributed by atoms with E-state index in [-0.39, 0.29) is 12.1 Å². The summed E-state index contributed by atoms with van der Waals surface area (Å²) in [5.41, 5.74) is 6.11. The van der Waals surface area contributed by atoms with E-state index in [4.69, 9.17) is 10.5 Å². The smallest absolute Gasteiger partial charge is 0.230 e. The Hall–Kier alpha value is -0.430. The van der Waals surface area contributed by atoms with Crippen LogP contribution < -0.4 is 10.5 Å². The maximum absolute atomic E-state index is 6.11. The molecule has 16 heavy (non-hydrogen) atoms. The van der Waals surface area contributed by atoms with Gasteiger partial charge in [0.25, 0.3) is 0 Å². The van der Waals surface area contributed by atoms with Gasteiger partial charge in [-0.3, -0.25) is 0 Å². The molecule has 2 atom stereocenters. The maximum Gasteiger partial charge on any atom is 0.230 e. The van der Waals surface area contributed by atoms with Crippen molar-refractivity contribution < 1.29 is 4.74 Å². The van der Waals surface area contributed by atoms with Crippen molar-refractivity contribution in [2.75, 3.05) is 0 Å². The zero-order chi connectivity index (χ0) is 11.4. The van der Waals surface area contributed by atoms with Gasteiger partial charge < -0.3 is 10.5 Å². The van der Waals surface area contributed by atoms with Crippen molar-refractivity contribution in [3.63, 3.8) is 0 Å². The van der Waals surface area contributed by atoms with Crippen LogP contribution in [-0.4, -0.2) is 22.1 Å². The Morgan fingerprint density at radius 1 is 1.31 bits per heavy atom. The lowest BCUT2D eigenvalue weighted by Crippen LogP contribution is -2.38. The molecular formula is C11H16IN3O. The molecule has 88 valence electrons. The van der Waals surface area contributed by atoms with Gasteiger partial charge in [0, 0.05) is 12.2 Å². The SMILES string of the molecule is NC1CCCCCC1Oc1ncncc1I. The molecule has 0 amide bonds. The summed E-state index contributed by atoms with van der Waals surface area (Å²) in [5, 5.41) is 0. The Balaban J connectivity index is 2.05. The highest BCUT2D eigenvalue weighted by atomic mass is 127. The highest BCUT2D eigenvalue weighted by Crippen LogP contribution is 2.23. The van der Waals surface area contributed by atoms with Gasteiger partial charge in [-0.1, -0.05) is 12.8 Å². The minimum atomic E-state index is 0.103. The number of nitrogens with two attached hydrogens (primary N) is 1. The van der Waals surface area contributed by atoms with Crippen LogP contribution >= 0.6 is 22.6 Å². The number of aromatic nitrogens is 2. The van der Waals surface area contributed by atoms with Crippen LogP contribution in [0.3, 0.4) is 0 Å². The summed E-state index contributed by atoms with van der Waals surface area (Å²) in [6.45, 7) is 0. The summed E-state index contributed by atoms with van der Waals surface area (Å²) in [7, 11) is 0. The minimum Gasteiger partial charge on any atom is -0.472 e. The zero-order valence-electron chi connectivity index (χ0n) is 9.10. The first kappa shape index (κ1) is 12.0. The van der Waals surface area contributed by atoms with Crippen molar-refractivity contribution in [2.45, 2.75) is 44.2 Å². The second-order valence-corrected chi connectivity index (χ2v) is 5.30. The van der Waals surface area contributed by atoms with E-state index in [0.29, 0.717) is 5.88 Å². The fourth-order valence-electron chi connectivity index (χ4n) is 1.98. The summed E-state index contributed by atoms with van der Waals surface area (Å²) in [6.07, 6.45) is 9.11. The summed E-state index contributed by atoms with van der Waals surface area (Å²) in [5.74, 6) is 0.665. The van der Waals surface area contributed by atoms with Crippen molar-refractivity contribution in [3.8, 4) is 5.88 Å². The number of ether oxygens (including phenoxy) is 1. The first-order chi connectivity index (χ1) is 7.77. The van der Waals surface area contributed by atoms with Gasteiger partial charge in [0.2, 0.25) is 5.88 Å². The van der Waals surface area contributed by atoms with Gasteiger partial charge in [0.1, 0.15) is 12.4 Å². The molecule has 2 rings (SSSR count). The molecule has 0 spiro atoms. The van der Waals surface area contributed by atoms with E-state index in [1.54, 1.807) is 6.20 Å². The zero-order valence-corrected chi connectivity index (χ0v) is 11.3. The molecule has 1 heterocycles. The van der Waals surface area contributed by atoms with Crippen LogP contribution in [0.1, 0.15) is 32.1 Å². The number of rotatable bonds is 2. The molecule has 0 aromatic carbocycles. The third-order valence-electron chi connectivity index (χ3n) is 2.90. The normalized spacial score (nSPS) is 26.1. The lowest BCUT2D eigenvalue weighted by atomic mass is 10.1. The van der Waals surface area contributed by atoms with E-state index >= 15 is 0 Å². The molecule has 0 bridgehead atoms. The van der Waals surface area contributed by atoms with Crippen LogP contribution in [0.5, 0.6) is 5.88 Å². The highest BCUT2D eigenvalue weighted by Gasteiger charge is 2.23. The van der Waals surface area contributed by atoms with Crippen molar-refractivity contribution in [3.05, 3.63) is 16.1 Å². The van der Waals surface area contributed by atoms with E-state index in [1.165, 1.54) is 25.6 Å². The molecule has 1 saturated carbocycles. The lowest BCUT2D eigenvalue weighted by Gasteiger charge is -2.22. The fourth-order valence-corrected chi connectivity index (χ4v) is 2.41. The lowest BCUT2D eigenvalue weighted by molar-refractivity contribution is 0.154. The van der Waals surface area contributed by atoms with Gasteiger partial charge in [-0.15, -0.1) is 0 Å². The standard InChI is InChI=1S/C11H16IN3O/c12-8-6-14-7-15-11(8)16-10-5-3-1-2-4-9(10)13/h6-7,9-10H,1-5,13H2. The van der Waals surface area contributed by atoms with E-state index in [1.807, 2.05) is 0 Å². The monoisotopic (exact) mass is 333 g/mol. The Kier molecular flexibility index (Phi) is 4.34. The average molecular weight is 333 g/mol. The van der Waals surface area contributed by atoms with E-state index < -0.39 is 0 Å². The molecule has 0 aliphatic heterocycles. The summed E-state index contributed by atoms with van der Waals surface area (Å²) in [6, 6.07) is 0.133. The second kappa shape index (κ2) is 5.77. The summed E-state index contributed by atoms with van der Waals surface area (Å²) >= 11 is 2.18. The van der Waals surface area contributed by atoms with Gasteiger partial charge in [-0.25, -0.2) is 9.97 Å². The molecule has 1 aromatic rings. The Bertz CT molecular complexity index is 348. The van der Waals surface area contributed by atoms with Crippen molar-refractivity contribution in [2.24, 2.45) is 5.73 Å². The Labute approximate surface area is 109 Å². The first-order valence-electron chi connectivity index (χ1n) is 5.65. The molecule has 2 N–H and O–H groups in total. The van der Waals surface area contributed by atoms with Crippen molar-refractivity contribution >= 4 is 22.6 Å². The predicted molar refractivity (Wildman–Crippen MR) is 70.2 cm³/mol. The third kappa shape index (κ3) is 3.04. The number of hydrogen-bond donors (Lipinski definition) is 1. The van der Waals surface area contributed by atoms with Crippen LogP contribution in [0.15, 0.2) is 12.5 Å². The van der Waals surface area contributed by atoms with Crippen LogP contribution in [0.4, 0.5) is 0 Å². The molecule has 0 radical (unpaired) electrons.